The van der Waals surface area contributed by atoms with Gasteiger partial charge in [-0.3, -0.25) is 9.52 Å². The van der Waals surface area contributed by atoms with E-state index in [1.165, 1.54) is 6.07 Å². The lowest BCUT2D eigenvalue weighted by atomic mass is 10.1. The number of hydrogen-bond donors (Lipinski definition) is 2. The summed E-state index contributed by atoms with van der Waals surface area (Å²) in [6, 6.07) is 10.2. The maximum atomic E-state index is 12.8. The van der Waals surface area contributed by atoms with Crippen molar-refractivity contribution in [1.29, 1.82) is 0 Å². The molecule has 5 nitrogen and oxygen atoms in total. The Morgan fingerprint density at radius 3 is 2.44 bits per heavy atom. The van der Waals surface area contributed by atoms with Gasteiger partial charge in [-0.15, -0.1) is 6.58 Å². The molecule has 0 spiro atoms. The zero-order valence-corrected chi connectivity index (χ0v) is 15.4. The number of aryl methyl sites for hydroxylation is 3. The van der Waals surface area contributed by atoms with Crippen LogP contribution >= 0.6 is 0 Å². The quantitative estimate of drug-likeness (QED) is 0.778. The molecule has 0 aliphatic heterocycles. The second-order valence-corrected chi connectivity index (χ2v) is 7.55. The Balaban J connectivity index is 2.40. The number of carbonyl (C=O) groups is 1. The van der Waals surface area contributed by atoms with Crippen molar-refractivity contribution >= 4 is 21.6 Å². The molecule has 0 aromatic heterocycles. The number of amides is 1. The highest BCUT2D eigenvalue weighted by Crippen LogP contribution is 2.23. The number of anilines is 1. The molecule has 25 heavy (non-hydrogen) atoms. The third-order valence-corrected chi connectivity index (χ3v) is 5.29. The van der Waals surface area contributed by atoms with Crippen LogP contribution in [0.5, 0.6) is 0 Å². The molecular weight excluding hydrogens is 336 g/mol. The highest BCUT2D eigenvalue weighted by atomic mass is 32.2. The summed E-state index contributed by atoms with van der Waals surface area (Å²) in [5, 5.41) is 2.64. The highest BCUT2D eigenvalue weighted by molar-refractivity contribution is 7.92. The summed E-state index contributed by atoms with van der Waals surface area (Å²) in [6.45, 7) is 9.28. The third-order valence-electron chi connectivity index (χ3n) is 3.78. The van der Waals surface area contributed by atoms with E-state index in [-0.39, 0.29) is 16.4 Å². The van der Waals surface area contributed by atoms with Crippen molar-refractivity contribution in [1.82, 2.24) is 5.32 Å². The van der Waals surface area contributed by atoms with Gasteiger partial charge in [0.05, 0.1) is 10.6 Å². The lowest BCUT2D eigenvalue weighted by Crippen LogP contribution is -2.24. The summed E-state index contributed by atoms with van der Waals surface area (Å²) in [5.74, 6) is -0.344. The first kappa shape index (κ1) is 18.7. The van der Waals surface area contributed by atoms with Gasteiger partial charge in [0.15, 0.2) is 0 Å². The van der Waals surface area contributed by atoms with Gasteiger partial charge in [0.25, 0.3) is 15.9 Å². The second-order valence-electron chi connectivity index (χ2n) is 5.90. The topological polar surface area (TPSA) is 75.3 Å². The molecule has 0 aliphatic rings. The molecule has 0 radical (unpaired) electrons. The number of rotatable bonds is 6. The monoisotopic (exact) mass is 358 g/mol. The van der Waals surface area contributed by atoms with Crippen LogP contribution in [0.3, 0.4) is 0 Å². The molecule has 0 saturated heterocycles. The third kappa shape index (κ3) is 4.48. The van der Waals surface area contributed by atoms with Crippen molar-refractivity contribution in [2.24, 2.45) is 0 Å². The average molecular weight is 358 g/mol. The van der Waals surface area contributed by atoms with Crippen LogP contribution in [0.25, 0.3) is 0 Å². The second kappa shape index (κ2) is 7.53. The van der Waals surface area contributed by atoms with Crippen molar-refractivity contribution in [3.05, 3.63) is 71.3 Å². The summed E-state index contributed by atoms with van der Waals surface area (Å²) in [6.07, 6.45) is 1.56. The van der Waals surface area contributed by atoms with E-state index in [1.807, 2.05) is 26.0 Å². The fourth-order valence-electron chi connectivity index (χ4n) is 2.34. The van der Waals surface area contributed by atoms with E-state index in [9.17, 15) is 13.2 Å². The fourth-order valence-corrected chi connectivity index (χ4v) is 3.74. The van der Waals surface area contributed by atoms with Gasteiger partial charge in [-0.25, -0.2) is 8.42 Å². The van der Waals surface area contributed by atoms with Crippen LogP contribution in [0.2, 0.25) is 0 Å². The van der Waals surface area contributed by atoms with Gasteiger partial charge in [0.1, 0.15) is 0 Å². The maximum absolute atomic E-state index is 12.8. The maximum Gasteiger partial charge on any atom is 0.262 e. The normalized spacial score (nSPS) is 11.0. The molecule has 0 fully saturated rings. The van der Waals surface area contributed by atoms with Crippen LogP contribution in [-0.2, 0) is 10.0 Å². The Labute approximate surface area is 148 Å². The van der Waals surface area contributed by atoms with Crippen LogP contribution in [0, 0.1) is 20.8 Å². The molecule has 2 rings (SSSR count). The van der Waals surface area contributed by atoms with Gasteiger partial charge >= 0.3 is 0 Å². The number of benzene rings is 2. The van der Waals surface area contributed by atoms with Crippen LogP contribution in [-0.4, -0.2) is 20.9 Å². The summed E-state index contributed by atoms with van der Waals surface area (Å²) in [4.78, 5) is 12.2. The number of hydrogen-bond acceptors (Lipinski definition) is 3. The van der Waals surface area contributed by atoms with E-state index in [1.54, 1.807) is 31.2 Å². The molecule has 0 heterocycles. The molecule has 2 N–H and O–H groups in total. The smallest absolute Gasteiger partial charge is 0.262 e. The van der Waals surface area contributed by atoms with Gasteiger partial charge in [-0.05, 0) is 55.7 Å². The van der Waals surface area contributed by atoms with E-state index in [2.05, 4.69) is 16.6 Å². The first-order valence-corrected chi connectivity index (χ1v) is 9.32. The number of sulfonamides is 1. The zero-order chi connectivity index (χ0) is 18.6. The largest absolute Gasteiger partial charge is 0.349 e. The first-order valence-electron chi connectivity index (χ1n) is 7.84. The molecular formula is C19H22N2O3S. The average Bonchev–Trinajstić information content (AvgIpc) is 2.56. The zero-order valence-electron chi connectivity index (χ0n) is 14.6. The van der Waals surface area contributed by atoms with Gasteiger partial charge in [-0.2, -0.15) is 0 Å². The molecule has 0 saturated carbocycles. The standard InChI is InChI=1S/C19H22N2O3S/c1-5-10-20-19(22)16-9-8-15(4)18(12-16)25(23,24)21-17-11-13(2)6-7-14(17)3/h5-9,11-12,21H,1,10H2,2-4H3,(H,20,22). The Kier molecular flexibility index (Phi) is 5.64. The van der Waals surface area contributed by atoms with Crippen molar-refractivity contribution in [3.63, 3.8) is 0 Å². The van der Waals surface area contributed by atoms with Crippen LogP contribution in [0.15, 0.2) is 53.9 Å². The van der Waals surface area contributed by atoms with Crippen LogP contribution in [0.4, 0.5) is 5.69 Å². The van der Waals surface area contributed by atoms with Gasteiger partial charge in [-0.1, -0.05) is 24.3 Å². The summed E-state index contributed by atoms with van der Waals surface area (Å²) >= 11 is 0. The van der Waals surface area contributed by atoms with Crippen LogP contribution < -0.4 is 10.0 Å². The molecule has 0 bridgehead atoms. The SMILES string of the molecule is C=CCNC(=O)c1ccc(C)c(S(=O)(=O)Nc2cc(C)ccc2C)c1. The molecule has 0 atom stereocenters. The Bertz CT molecular complexity index is 918. The van der Waals surface area contributed by atoms with Crippen molar-refractivity contribution < 1.29 is 13.2 Å². The molecule has 0 unspecified atom stereocenters. The molecule has 6 heteroatoms. The van der Waals surface area contributed by atoms with Crippen molar-refractivity contribution in [2.45, 2.75) is 25.7 Å². The Morgan fingerprint density at radius 2 is 1.76 bits per heavy atom. The summed E-state index contributed by atoms with van der Waals surface area (Å²) < 4.78 is 28.2. The molecule has 2 aromatic carbocycles. The summed E-state index contributed by atoms with van der Waals surface area (Å²) in [5.41, 5.74) is 3.16. The molecule has 132 valence electrons. The van der Waals surface area contributed by atoms with Crippen molar-refractivity contribution in [2.75, 3.05) is 11.3 Å². The van der Waals surface area contributed by atoms with E-state index in [0.717, 1.165) is 11.1 Å². The van der Waals surface area contributed by atoms with E-state index < -0.39 is 10.0 Å². The van der Waals surface area contributed by atoms with E-state index in [4.69, 9.17) is 0 Å². The van der Waals surface area contributed by atoms with Gasteiger partial charge in [0, 0.05) is 12.1 Å². The van der Waals surface area contributed by atoms with Crippen LogP contribution in [0.1, 0.15) is 27.0 Å². The van der Waals surface area contributed by atoms with Gasteiger partial charge < -0.3 is 5.32 Å². The lowest BCUT2D eigenvalue weighted by Gasteiger charge is -2.14. The predicted octanol–water partition coefficient (Wildman–Crippen LogP) is 3.33. The van der Waals surface area contributed by atoms with E-state index >= 15 is 0 Å². The minimum absolute atomic E-state index is 0.0830. The number of carbonyl (C=O) groups excluding carboxylic acids is 1. The van der Waals surface area contributed by atoms with E-state index in [0.29, 0.717) is 17.8 Å². The first-order chi connectivity index (χ1) is 11.7. The number of nitrogens with one attached hydrogen (secondary N) is 2. The molecule has 0 aliphatic carbocycles. The predicted molar refractivity (Wildman–Crippen MR) is 100 cm³/mol. The minimum Gasteiger partial charge on any atom is -0.349 e. The minimum atomic E-state index is -3.81. The van der Waals surface area contributed by atoms with Gasteiger partial charge in [0.2, 0.25) is 0 Å². The summed E-state index contributed by atoms with van der Waals surface area (Å²) in [7, 11) is -3.81. The highest BCUT2D eigenvalue weighted by Gasteiger charge is 2.20. The Hall–Kier alpha value is -2.60. The van der Waals surface area contributed by atoms with Crippen molar-refractivity contribution in [3.8, 4) is 0 Å². The molecule has 2 aromatic rings. The Morgan fingerprint density at radius 1 is 1.08 bits per heavy atom. The molecule has 1 amide bonds. The fraction of sp³-hybridized carbons (Fsp3) is 0.211. The lowest BCUT2D eigenvalue weighted by molar-refractivity contribution is 0.0958.